The molecule has 0 aliphatic heterocycles. The first-order valence-corrected chi connectivity index (χ1v) is 9.78. The Morgan fingerprint density at radius 3 is 2.44 bits per heavy atom. The number of rotatable bonds is 7. The van der Waals surface area contributed by atoms with Crippen molar-refractivity contribution in [2.75, 3.05) is 26.6 Å². The van der Waals surface area contributed by atoms with E-state index in [4.69, 9.17) is 14.2 Å². The molecule has 0 unspecified atom stereocenters. The number of hydrogen-bond acceptors (Lipinski definition) is 6. The number of benzene rings is 2. The van der Waals surface area contributed by atoms with Crippen molar-refractivity contribution < 1.29 is 19.0 Å². The van der Waals surface area contributed by atoms with E-state index in [1.165, 1.54) is 22.4 Å². The Balaban J connectivity index is 1.61. The summed E-state index contributed by atoms with van der Waals surface area (Å²) >= 11 is 0. The third kappa shape index (κ3) is 4.00. The lowest BCUT2D eigenvalue weighted by molar-refractivity contribution is -0.116. The minimum absolute atomic E-state index is 0.149. The van der Waals surface area contributed by atoms with Gasteiger partial charge in [0.25, 0.3) is 5.56 Å². The van der Waals surface area contributed by atoms with Crippen molar-refractivity contribution in [3.63, 3.8) is 0 Å². The van der Waals surface area contributed by atoms with Crippen LogP contribution in [0.4, 0.5) is 5.69 Å². The summed E-state index contributed by atoms with van der Waals surface area (Å²) in [6.45, 7) is -0.149. The molecule has 32 heavy (non-hydrogen) atoms. The summed E-state index contributed by atoms with van der Waals surface area (Å²) in [6, 6.07) is 14.2. The zero-order valence-corrected chi connectivity index (χ0v) is 17.9. The Bertz CT molecular complexity index is 1340. The molecule has 9 heteroatoms. The number of anilines is 1. The highest BCUT2D eigenvalue weighted by molar-refractivity contribution is 5.92. The number of aromatic nitrogens is 3. The van der Waals surface area contributed by atoms with E-state index >= 15 is 0 Å². The monoisotopic (exact) mass is 434 g/mol. The van der Waals surface area contributed by atoms with Crippen LogP contribution in [0.2, 0.25) is 0 Å². The van der Waals surface area contributed by atoms with E-state index in [-0.39, 0.29) is 18.0 Å². The molecule has 0 radical (unpaired) electrons. The van der Waals surface area contributed by atoms with E-state index in [0.717, 1.165) is 5.56 Å². The van der Waals surface area contributed by atoms with Crippen molar-refractivity contribution >= 4 is 17.1 Å². The van der Waals surface area contributed by atoms with Crippen molar-refractivity contribution in [3.8, 4) is 28.5 Å². The number of methoxy groups -OCH3 is 3. The molecule has 0 saturated carbocycles. The number of para-hydroxylation sites is 2. The molecular weight excluding hydrogens is 412 g/mol. The standard InChI is InChI=1S/C23H22N4O5/c1-30-19-7-5-4-6-16(19)24-22(28)14-26-10-11-27-18(23(26)29)13-17(25-27)15-8-9-20(31-2)21(12-15)32-3/h4-13H,14H2,1-3H3,(H,24,28). The molecule has 0 aliphatic rings. The maximum atomic E-state index is 13.0. The van der Waals surface area contributed by atoms with Gasteiger partial charge in [-0.25, -0.2) is 4.52 Å². The fourth-order valence-electron chi connectivity index (χ4n) is 3.38. The molecule has 4 aromatic rings. The predicted octanol–water partition coefficient (Wildman–Crippen LogP) is 2.83. The number of nitrogens with zero attached hydrogens (tertiary/aromatic N) is 3. The van der Waals surface area contributed by atoms with Crippen LogP contribution in [0.25, 0.3) is 16.8 Å². The van der Waals surface area contributed by atoms with Gasteiger partial charge < -0.3 is 24.1 Å². The van der Waals surface area contributed by atoms with Gasteiger partial charge in [-0.05, 0) is 36.4 Å². The average molecular weight is 434 g/mol. The van der Waals surface area contributed by atoms with E-state index in [2.05, 4.69) is 10.4 Å². The third-order valence-corrected chi connectivity index (χ3v) is 4.98. The normalized spacial score (nSPS) is 10.7. The molecule has 0 atom stereocenters. The second-order valence-electron chi connectivity index (χ2n) is 6.91. The van der Waals surface area contributed by atoms with Gasteiger partial charge in [0.1, 0.15) is 17.8 Å². The van der Waals surface area contributed by atoms with Crippen molar-refractivity contribution in [3.05, 3.63) is 71.3 Å². The highest BCUT2D eigenvalue weighted by Crippen LogP contribution is 2.31. The van der Waals surface area contributed by atoms with Crippen LogP contribution in [0.1, 0.15) is 0 Å². The number of carbonyl (C=O) groups excluding carboxylic acids is 1. The third-order valence-electron chi connectivity index (χ3n) is 4.98. The van der Waals surface area contributed by atoms with Crippen LogP contribution in [-0.4, -0.2) is 41.4 Å². The molecule has 0 bridgehead atoms. The Morgan fingerprint density at radius 1 is 0.938 bits per heavy atom. The molecule has 9 nitrogen and oxygen atoms in total. The molecule has 0 fully saturated rings. The van der Waals surface area contributed by atoms with Crippen molar-refractivity contribution in [1.29, 1.82) is 0 Å². The predicted molar refractivity (Wildman–Crippen MR) is 120 cm³/mol. The van der Waals surface area contributed by atoms with Crippen molar-refractivity contribution in [2.24, 2.45) is 0 Å². The smallest absolute Gasteiger partial charge is 0.277 e. The van der Waals surface area contributed by atoms with E-state index in [1.54, 1.807) is 56.8 Å². The summed E-state index contributed by atoms with van der Waals surface area (Å²) in [6.07, 6.45) is 3.17. The molecule has 4 rings (SSSR count). The van der Waals surface area contributed by atoms with Gasteiger partial charge >= 0.3 is 0 Å². The number of carbonyl (C=O) groups is 1. The van der Waals surface area contributed by atoms with Crippen LogP contribution in [-0.2, 0) is 11.3 Å². The maximum absolute atomic E-state index is 13.0. The van der Waals surface area contributed by atoms with Crippen LogP contribution >= 0.6 is 0 Å². The second kappa shape index (κ2) is 8.84. The topological polar surface area (TPSA) is 96.1 Å². The highest BCUT2D eigenvalue weighted by Gasteiger charge is 2.14. The summed E-state index contributed by atoms with van der Waals surface area (Å²) in [5.74, 6) is 1.36. The maximum Gasteiger partial charge on any atom is 0.277 e. The summed E-state index contributed by atoms with van der Waals surface area (Å²) in [7, 11) is 4.65. The number of ether oxygens (including phenoxy) is 3. The summed E-state index contributed by atoms with van der Waals surface area (Å²) in [5.41, 5.74) is 1.92. The number of hydrogen-bond donors (Lipinski definition) is 1. The summed E-state index contributed by atoms with van der Waals surface area (Å²) in [4.78, 5) is 25.5. The Labute approximate surface area is 183 Å². The first kappa shape index (κ1) is 21.0. The van der Waals surface area contributed by atoms with E-state index in [9.17, 15) is 9.59 Å². The quantitative estimate of drug-likeness (QED) is 0.481. The zero-order valence-electron chi connectivity index (χ0n) is 17.9. The number of amides is 1. The van der Waals surface area contributed by atoms with Crippen molar-refractivity contribution in [1.82, 2.24) is 14.2 Å². The van der Waals surface area contributed by atoms with E-state index < -0.39 is 0 Å². The van der Waals surface area contributed by atoms with Crippen LogP contribution in [0.5, 0.6) is 17.2 Å². The SMILES string of the molecule is COc1ccccc1NC(=O)Cn1ccn2nc(-c3ccc(OC)c(OC)c3)cc2c1=O. The lowest BCUT2D eigenvalue weighted by Crippen LogP contribution is -2.28. The molecule has 0 spiro atoms. The van der Waals surface area contributed by atoms with Gasteiger partial charge in [-0.1, -0.05) is 12.1 Å². The first-order valence-electron chi connectivity index (χ1n) is 9.78. The minimum Gasteiger partial charge on any atom is -0.495 e. The van der Waals surface area contributed by atoms with Gasteiger partial charge in [0.15, 0.2) is 11.5 Å². The summed E-state index contributed by atoms with van der Waals surface area (Å²) < 4.78 is 18.7. The molecule has 2 aromatic carbocycles. The molecular formula is C23H22N4O5. The fraction of sp³-hybridized carbons (Fsp3) is 0.174. The van der Waals surface area contributed by atoms with Gasteiger partial charge in [0.2, 0.25) is 5.91 Å². The molecule has 164 valence electrons. The molecule has 1 amide bonds. The van der Waals surface area contributed by atoms with Gasteiger partial charge in [-0.2, -0.15) is 5.10 Å². The lowest BCUT2D eigenvalue weighted by Gasteiger charge is -2.10. The lowest BCUT2D eigenvalue weighted by atomic mass is 10.1. The molecule has 0 aliphatic carbocycles. The van der Waals surface area contributed by atoms with Crippen LogP contribution in [0.3, 0.4) is 0 Å². The molecule has 2 heterocycles. The zero-order chi connectivity index (χ0) is 22.7. The number of nitrogens with one attached hydrogen (secondary N) is 1. The van der Waals surface area contributed by atoms with Crippen LogP contribution in [0, 0.1) is 0 Å². The van der Waals surface area contributed by atoms with E-state index in [1.807, 2.05) is 12.1 Å². The Hall–Kier alpha value is -4.27. The number of fused-ring (bicyclic) bond motifs is 1. The van der Waals surface area contributed by atoms with E-state index in [0.29, 0.717) is 34.1 Å². The minimum atomic E-state index is -0.347. The molecule has 2 aromatic heterocycles. The molecule has 1 N–H and O–H groups in total. The van der Waals surface area contributed by atoms with Crippen LogP contribution < -0.4 is 25.1 Å². The largest absolute Gasteiger partial charge is 0.495 e. The highest BCUT2D eigenvalue weighted by atomic mass is 16.5. The summed E-state index contributed by atoms with van der Waals surface area (Å²) in [5, 5.41) is 7.24. The van der Waals surface area contributed by atoms with Crippen molar-refractivity contribution in [2.45, 2.75) is 6.54 Å². The average Bonchev–Trinajstić information content (AvgIpc) is 3.26. The van der Waals surface area contributed by atoms with Crippen LogP contribution in [0.15, 0.2) is 65.7 Å². The molecule has 0 saturated heterocycles. The second-order valence-corrected chi connectivity index (χ2v) is 6.91. The van der Waals surface area contributed by atoms with Gasteiger partial charge in [-0.15, -0.1) is 0 Å². The Kier molecular flexibility index (Phi) is 5.80. The van der Waals surface area contributed by atoms with Gasteiger partial charge in [0.05, 0.1) is 32.7 Å². The first-order chi connectivity index (χ1) is 15.5. The van der Waals surface area contributed by atoms with Gasteiger partial charge in [-0.3, -0.25) is 9.59 Å². The fourth-order valence-corrected chi connectivity index (χ4v) is 3.38. The van der Waals surface area contributed by atoms with Gasteiger partial charge in [0, 0.05) is 18.0 Å². The Morgan fingerprint density at radius 2 is 1.69 bits per heavy atom.